The highest BCUT2D eigenvalue weighted by Crippen LogP contribution is 2.44. The molecule has 0 spiro atoms. The molecule has 1 aliphatic carbocycles. The molecule has 1 atom stereocenters. The quantitative estimate of drug-likeness (QED) is 0.399. The predicted molar refractivity (Wildman–Crippen MR) is 151 cm³/mol. The van der Waals surface area contributed by atoms with Crippen LogP contribution in [0.4, 0.5) is 4.79 Å². The number of carboxylic acid groups (broad SMARTS) is 1. The first kappa shape index (κ1) is 28.3. The van der Waals surface area contributed by atoms with Gasteiger partial charge in [0.25, 0.3) is 0 Å². The molecule has 0 saturated carbocycles. The standard InChI is InChI=1S/C30H31N3O7S/c34-28(18-27(29(35)36)31-41(38,39)20-21-8-2-1-3-9-21)32-14-16-33(17-15-32)30(37)40-19-26-24-12-6-4-10-22(24)23-11-5-7-13-25(23)26/h1-13,26-27,31H,14-20H2,(H,35,36)/t27-/m1/s1. The summed E-state index contributed by atoms with van der Waals surface area (Å²) in [6, 6.07) is 22.9. The van der Waals surface area contributed by atoms with Crippen molar-refractivity contribution in [1.29, 1.82) is 0 Å². The van der Waals surface area contributed by atoms with Crippen LogP contribution in [0.1, 0.15) is 29.0 Å². The molecule has 2 amide bonds. The molecule has 11 heteroatoms. The van der Waals surface area contributed by atoms with E-state index in [1.165, 1.54) is 9.80 Å². The fraction of sp³-hybridized carbons (Fsp3) is 0.300. The molecule has 10 nitrogen and oxygen atoms in total. The van der Waals surface area contributed by atoms with Crippen LogP contribution in [0.25, 0.3) is 11.1 Å². The van der Waals surface area contributed by atoms with Crippen molar-refractivity contribution in [3.8, 4) is 11.1 Å². The minimum atomic E-state index is -4.00. The summed E-state index contributed by atoms with van der Waals surface area (Å²) in [6.45, 7) is 1.01. The molecule has 3 aromatic carbocycles. The number of carboxylic acids is 1. The SMILES string of the molecule is O=C(O)[C@@H](CC(=O)N1CCN(C(=O)OCC2c3ccccc3-c3ccccc32)CC1)NS(=O)(=O)Cc1ccccc1. The number of sulfonamides is 1. The predicted octanol–water partition coefficient (Wildman–Crippen LogP) is 3.04. The number of hydrogen-bond donors (Lipinski definition) is 2. The van der Waals surface area contributed by atoms with Gasteiger partial charge in [-0.1, -0.05) is 78.9 Å². The maximum absolute atomic E-state index is 12.9. The molecule has 1 saturated heterocycles. The topological polar surface area (TPSA) is 133 Å². The maximum Gasteiger partial charge on any atom is 0.409 e. The molecule has 0 unspecified atom stereocenters. The Morgan fingerprint density at radius 2 is 1.37 bits per heavy atom. The zero-order chi connectivity index (χ0) is 29.0. The van der Waals surface area contributed by atoms with E-state index in [9.17, 15) is 27.9 Å². The lowest BCUT2D eigenvalue weighted by atomic mass is 9.98. The van der Waals surface area contributed by atoms with Crippen molar-refractivity contribution in [2.75, 3.05) is 32.8 Å². The zero-order valence-corrected chi connectivity index (χ0v) is 23.1. The Labute approximate surface area is 238 Å². The summed E-state index contributed by atoms with van der Waals surface area (Å²) in [6.07, 6.45) is -1.01. The molecule has 1 aliphatic heterocycles. The van der Waals surface area contributed by atoms with E-state index >= 15 is 0 Å². The van der Waals surface area contributed by atoms with E-state index < -0.39 is 46.2 Å². The lowest BCUT2D eigenvalue weighted by Crippen LogP contribution is -2.52. The van der Waals surface area contributed by atoms with Gasteiger partial charge in [-0.15, -0.1) is 0 Å². The Bertz CT molecular complexity index is 1490. The monoisotopic (exact) mass is 577 g/mol. The molecular formula is C30H31N3O7S. The summed E-state index contributed by atoms with van der Waals surface area (Å²) < 4.78 is 32.9. The summed E-state index contributed by atoms with van der Waals surface area (Å²) in [7, 11) is -4.00. The molecule has 1 fully saturated rings. The van der Waals surface area contributed by atoms with Gasteiger partial charge >= 0.3 is 12.1 Å². The number of nitrogens with one attached hydrogen (secondary N) is 1. The highest BCUT2D eigenvalue weighted by molar-refractivity contribution is 7.88. The fourth-order valence-corrected chi connectivity index (χ4v) is 6.69. The molecule has 5 rings (SSSR count). The molecule has 1 heterocycles. The van der Waals surface area contributed by atoms with Gasteiger partial charge in [-0.25, -0.2) is 17.9 Å². The first-order chi connectivity index (χ1) is 19.7. The molecule has 0 radical (unpaired) electrons. The third-order valence-corrected chi connectivity index (χ3v) is 8.78. The molecule has 41 heavy (non-hydrogen) atoms. The van der Waals surface area contributed by atoms with Crippen molar-refractivity contribution < 1.29 is 32.6 Å². The van der Waals surface area contributed by atoms with Gasteiger partial charge in [0.1, 0.15) is 12.6 Å². The van der Waals surface area contributed by atoms with Crippen LogP contribution in [0.3, 0.4) is 0 Å². The largest absolute Gasteiger partial charge is 0.480 e. The second kappa shape index (κ2) is 12.1. The van der Waals surface area contributed by atoms with E-state index in [2.05, 4.69) is 16.9 Å². The van der Waals surface area contributed by atoms with Crippen LogP contribution in [-0.2, 0) is 30.1 Å². The van der Waals surface area contributed by atoms with E-state index in [1.807, 2.05) is 36.4 Å². The number of nitrogens with zero attached hydrogens (tertiary/aromatic N) is 2. The molecular weight excluding hydrogens is 546 g/mol. The number of ether oxygens (including phenoxy) is 1. The van der Waals surface area contributed by atoms with E-state index in [0.29, 0.717) is 5.56 Å². The second-order valence-corrected chi connectivity index (χ2v) is 11.9. The van der Waals surface area contributed by atoms with Crippen molar-refractivity contribution in [1.82, 2.24) is 14.5 Å². The number of rotatable bonds is 9. The summed E-state index contributed by atoms with van der Waals surface area (Å²) in [4.78, 5) is 40.5. The van der Waals surface area contributed by atoms with Crippen molar-refractivity contribution in [2.24, 2.45) is 0 Å². The third-order valence-electron chi connectivity index (χ3n) is 7.42. The van der Waals surface area contributed by atoms with Gasteiger partial charge in [-0.2, -0.15) is 0 Å². The van der Waals surface area contributed by atoms with E-state index in [4.69, 9.17) is 4.74 Å². The number of carbonyl (C=O) groups excluding carboxylic acids is 2. The molecule has 2 aliphatic rings. The zero-order valence-electron chi connectivity index (χ0n) is 22.3. The van der Waals surface area contributed by atoms with Crippen LogP contribution in [-0.4, -0.2) is 80.1 Å². The van der Waals surface area contributed by atoms with Crippen molar-refractivity contribution in [2.45, 2.75) is 24.1 Å². The highest BCUT2D eigenvalue weighted by Gasteiger charge is 2.33. The van der Waals surface area contributed by atoms with E-state index in [-0.39, 0.29) is 38.7 Å². The average molecular weight is 578 g/mol. The van der Waals surface area contributed by atoms with Gasteiger partial charge in [0.05, 0.1) is 12.2 Å². The smallest absolute Gasteiger partial charge is 0.409 e. The van der Waals surface area contributed by atoms with Crippen LogP contribution >= 0.6 is 0 Å². The Morgan fingerprint density at radius 1 is 0.829 bits per heavy atom. The van der Waals surface area contributed by atoms with E-state index in [0.717, 1.165) is 22.3 Å². The third kappa shape index (κ3) is 6.58. The summed E-state index contributed by atoms with van der Waals surface area (Å²) in [5, 5.41) is 9.57. The van der Waals surface area contributed by atoms with Crippen LogP contribution in [0.2, 0.25) is 0 Å². The summed E-state index contributed by atoms with van der Waals surface area (Å²) in [5.74, 6) is -2.41. The number of amides is 2. The fourth-order valence-electron chi connectivity index (χ4n) is 5.36. The van der Waals surface area contributed by atoms with Gasteiger partial charge in [0, 0.05) is 32.1 Å². The lowest BCUT2D eigenvalue weighted by Gasteiger charge is -2.34. The minimum Gasteiger partial charge on any atom is -0.480 e. The summed E-state index contributed by atoms with van der Waals surface area (Å²) in [5.41, 5.74) is 5.00. The molecule has 0 aromatic heterocycles. The van der Waals surface area contributed by atoms with Crippen LogP contribution < -0.4 is 4.72 Å². The van der Waals surface area contributed by atoms with Crippen LogP contribution in [0.5, 0.6) is 0 Å². The Kier molecular flexibility index (Phi) is 8.36. The average Bonchev–Trinajstić information content (AvgIpc) is 3.29. The first-order valence-electron chi connectivity index (χ1n) is 13.4. The van der Waals surface area contributed by atoms with Gasteiger partial charge in [0.15, 0.2) is 0 Å². The minimum absolute atomic E-state index is 0.0622. The Morgan fingerprint density at radius 3 is 1.95 bits per heavy atom. The van der Waals surface area contributed by atoms with Gasteiger partial charge in [0.2, 0.25) is 15.9 Å². The maximum atomic E-state index is 12.9. The molecule has 2 N–H and O–H groups in total. The van der Waals surface area contributed by atoms with Crippen molar-refractivity contribution in [3.63, 3.8) is 0 Å². The van der Waals surface area contributed by atoms with Gasteiger partial charge in [-0.05, 0) is 27.8 Å². The number of fused-ring (bicyclic) bond motifs is 3. The summed E-state index contributed by atoms with van der Waals surface area (Å²) >= 11 is 0. The van der Waals surface area contributed by atoms with E-state index in [1.54, 1.807) is 30.3 Å². The normalized spacial score (nSPS) is 15.6. The first-order valence-corrected chi connectivity index (χ1v) is 15.0. The number of carbonyl (C=O) groups is 3. The van der Waals surface area contributed by atoms with Crippen LogP contribution in [0, 0.1) is 0 Å². The van der Waals surface area contributed by atoms with Gasteiger partial charge in [-0.3, -0.25) is 9.59 Å². The number of aliphatic carboxylic acids is 1. The Balaban J connectivity index is 1.12. The number of piperazine rings is 1. The molecule has 0 bridgehead atoms. The molecule has 3 aromatic rings. The number of benzene rings is 3. The molecule has 214 valence electrons. The number of hydrogen-bond acceptors (Lipinski definition) is 6. The van der Waals surface area contributed by atoms with Crippen LogP contribution in [0.15, 0.2) is 78.9 Å². The van der Waals surface area contributed by atoms with Gasteiger partial charge < -0.3 is 19.6 Å². The Hall–Kier alpha value is -4.22. The van der Waals surface area contributed by atoms with Crippen molar-refractivity contribution in [3.05, 3.63) is 95.6 Å². The lowest BCUT2D eigenvalue weighted by molar-refractivity contribution is -0.143. The highest BCUT2D eigenvalue weighted by atomic mass is 32.2. The second-order valence-electron chi connectivity index (χ2n) is 10.1. The van der Waals surface area contributed by atoms with Crippen molar-refractivity contribution >= 4 is 28.0 Å².